The van der Waals surface area contributed by atoms with Crippen molar-refractivity contribution in [3.05, 3.63) is 65.5 Å². The molecule has 0 bridgehead atoms. The van der Waals surface area contributed by atoms with E-state index in [1.54, 1.807) is 24.3 Å². The lowest BCUT2D eigenvalue weighted by Crippen LogP contribution is -2.20. The maximum Gasteiger partial charge on any atom is 0.338 e. The van der Waals surface area contributed by atoms with Crippen LogP contribution >= 0.6 is 0 Å². The second-order valence-corrected chi connectivity index (χ2v) is 4.50. The average molecular weight is 287 g/mol. The maximum absolute atomic E-state index is 12.7. The fourth-order valence-electron chi connectivity index (χ4n) is 1.63. The number of esters is 1. The fourth-order valence-corrected chi connectivity index (χ4v) is 1.63. The lowest BCUT2D eigenvalue weighted by atomic mass is 10.1. The molecule has 0 aliphatic rings. The molecule has 0 fully saturated rings. The molecule has 0 aromatic heterocycles. The number of hydrogen-bond donors (Lipinski definition) is 1. The molecule has 0 aliphatic carbocycles. The number of nitrogens with one attached hydrogen (secondary N) is 1. The van der Waals surface area contributed by atoms with Crippen molar-refractivity contribution in [2.45, 2.75) is 6.92 Å². The monoisotopic (exact) mass is 287 g/mol. The molecule has 0 heterocycles. The minimum Gasteiger partial charge on any atom is -0.452 e. The predicted octanol–water partition coefficient (Wildman–Crippen LogP) is 2.93. The maximum atomic E-state index is 12.7. The number of hydrogen-bond acceptors (Lipinski definition) is 3. The second-order valence-electron chi connectivity index (χ2n) is 4.50. The third-order valence-corrected chi connectivity index (χ3v) is 2.75. The molecule has 0 atom stereocenters. The summed E-state index contributed by atoms with van der Waals surface area (Å²) in [6.45, 7) is 1.51. The summed E-state index contributed by atoms with van der Waals surface area (Å²) in [6, 6.07) is 12.2. The predicted molar refractivity (Wildman–Crippen MR) is 76.5 cm³/mol. The molecule has 1 amide bonds. The van der Waals surface area contributed by atoms with Gasteiger partial charge in [0, 0.05) is 5.69 Å². The molecule has 0 unspecified atom stereocenters. The van der Waals surface area contributed by atoms with Crippen LogP contribution in [0.15, 0.2) is 48.5 Å². The lowest BCUT2D eigenvalue weighted by molar-refractivity contribution is -0.119. The zero-order chi connectivity index (χ0) is 15.2. The number of ether oxygens (including phenoxy) is 1. The van der Waals surface area contributed by atoms with Gasteiger partial charge in [-0.3, -0.25) is 4.79 Å². The van der Waals surface area contributed by atoms with Gasteiger partial charge in [0.15, 0.2) is 6.61 Å². The smallest absolute Gasteiger partial charge is 0.338 e. The number of halogens is 1. The van der Waals surface area contributed by atoms with Gasteiger partial charge in [0.05, 0.1) is 5.56 Å². The van der Waals surface area contributed by atoms with E-state index in [2.05, 4.69) is 5.32 Å². The number of anilines is 1. The third-order valence-electron chi connectivity index (χ3n) is 2.75. The Bertz CT molecular complexity index is 636. The van der Waals surface area contributed by atoms with Gasteiger partial charge in [-0.2, -0.15) is 0 Å². The van der Waals surface area contributed by atoms with Crippen molar-refractivity contribution >= 4 is 17.6 Å². The molecular formula is C16H14FNO3. The highest BCUT2D eigenvalue weighted by atomic mass is 19.1. The van der Waals surface area contributed by atoms with E-state index in [1.165, 1.54) is 24.3 Å². The minimum atomic E-state index is -0.566. The molecule has 2 rings (SSSR count). The molecule has 2 aromatic carbocycles. The molecule has 0 saturated carbocycles. The summed E-state index contributed by atoms with van der Waals surface area (Å²) in [7, 11) is 0. The van der Waals surface area contributed by atoms with Crippen molar-refractivity contribution in [3.8, 4) is 0 Å². The zero-order valence-electron chi connectivity index (χ0n) is 11.4. The van der Waals surface area contributed by atoms with E-state index in [0.717, 1.165) is 5.56 Å². The van der Waals surface area contributed by atoms with Crippen molar-refractivity contribution in [2.75, 3.05) is 11.9 Å². The number of carbonyl (C=O) groups excluding carboxylic acids is 2. The van der Waals surface area contributed by atoms with Crippen LogP contribution in [0.25, 0.3) is 0 Å². The average Bonchev–Trinajstić information content (AvgIpc) is 2.48. The van der Waals surface area contributed by atoms with Gasteiger partial charge in [0.25, 0.3) is 5.91 Å². The van der Waals surface area contributed by atoms with Crippen LogP contribution in [0.2, 0.25) is 0 Å². The summed E-state index contributed by atoms with van der Waals surface area (Å²) in [5, 5.41) is 2.50. The minimum absolute atomic E-state index is 0.384. The van der Waals surface area contributed by atoms with Crippen LogP contribution in [0.5, 0.6) is 0 Å². The van der Waals surface area contributed by atoms with Gasteiger partial charge in [0.2, 0.25) is 0 Å². The molecule has 5 heteroatoms. The van der Waals surface area contributed by atoms with E-state index in [9.17, 15) is 14.0 Å². The van der Waals surface area contributed by atoms with E-state index in [-0.39, 0.29) is 0 Å². The van der Waals surface area contributed by atoms with Crippen molar-refractivity contribution in [1.29, 1.82) is 0 Å². The normalized spacial score (nSPS) is 10.0. The summed E-state index contributed by atoms with van der Waals surface area (Å²) < 4.78 is 17.6. The van der Waals surface area contributed by atoms with Gasteiger partial charge >= 0.3 is 5.97 Å². The van der Waals surface area contributed by atoms with Crippen molar-refractivity contribution in [2.24, 2.45) is 0 Å². The molecule has 0 aliphatic heterocycles. The van der Waals surface area contributed by atoms with E-state index in [1.807, 2.05) is 6.92 Å². The molecule has 4 nitrogen and oxygen atoms in total. The van der Waals surface area contributed by atoms with E-state index in [0.29, 0.717) is 11.3 Å². The summed E-state index contributed by atoms with van der Waals surface area (Å²) in [5.41, 5.74) is 1.85. The van der Waals surface area contributed by atoms with Crippen LogP contribution < -0.4 is 5.32 Å². The number of amides is 1. The van der Waals surface area contributed by atoms with Crippen LogP contribution in [0.3, 0.4) is 0 Å². The van der Waals surface area contributed by atoms with Crippen LogP contribution in [0.1, 0.15) is 15.9 Å². The lowest BCUT2D eigenvalue weighted by Gasteiger charge is -2.06. The van der Waals surface area contributed by atoms with E-state index in [4.69, 9.17) is 4.74 Å². The van der Waals surface area contributed by atoms with Crippen LogP contribution in [-0.4, -0.2) is 18.5 Å². The van der Waals surface area contributed by atoms with Gasteiger partial charge < -0.3 is 10.1 Å². The summed E-state index contributed by atoms with van der Waals surface area (Å²) in [4.78, 5) is 23.3. The van der Waals surface area contributed by atoms with Gasteiger partial charge in [-0.1, -0.05) is 17.7 Å². The highest BCUT2D eigenvalue weighted by Gasteiger charge is 2.10. The molecular weight excluding hydrogens is 273 g/mol. The van der Waals surface area contributed by atoms with Crippen LogP contribution in [0.4, 0.5) is 10.1 Å². The first-order valence-electron chi connectivity index (χ1n) is 6.34. The summed E-state index contributed by atoms with van der Waals surface area (Å²) in [5.74, 6) is -1.44. The Kier molecular flexibility index (Phi) is 4.66. The Morgan fingerprint density at radius 2 is 1.67 bits per heavy atom. The highest BCUT2D eigenvalue weighted by Crippen LogP contribution is 2.08. The Balaban J connectivity index is 1.84. The first kappa shape index (κ1) is 14.7. The molecule has 1 N–H and O–H groups in total. The number of benzene rings is 2. The van der Waals surface area contributed by atoms with Crippen molar-refractivity contribution in [1.82, 2.24) is 0 Å². The van der Waals surface area contributed by atoms with E-state index < -0.39 is 24.3 Å². The fraction of sp³-hybridized carbons (Fsp3) is 0.125. The molecule has 0 saturated heterocycles. The summed E-state index contributed by atoms with van der Waals surface area (Å²) in [6.07, 6.45) is 0. The van der Waals surface area contributed by atoms with Crippen molar-refractivity contribution in [3.63, 3.8) is 0 Å². The highest BCUT2D eigenvalue weighted by molar-refractivity contribution is 5.95. The van der Waals surface area contributed by atoms with Gasteiger partial charge in [-0.25, -0.2) is 9.18 Å². The Morgan fingerprint density at radius 3 is 2.29 bits per heavy atom. The Hall–Kier alpha value is -2.69. The quantitative estimate of drug-likeness (QED) is 0.880. The van der Waals surface area contributed by atoms with Crippen LogP contribution in [-0.2, 0) is 9.53 Å². The van der Waals surface area contributed by atoms with Crippen LogP contribution in [0, 0.1) is 12.7 Å². The zero-order valence-corrected chi connectivity index (χ0v) is 11.4. The molecule has 0 spiro atoms. The first-order chi connectivity index (χ1) is 10.0. The number of carbonyl (C=O) groups is 2. The second kappa shape index (κ2) is 6.65. The molecule has 21 heavy (non-hydrogen) atoms. The van der Waals surface area contributed by atoms with Gasteiger partial charge in [0.1, 0.15) is 5.82 Å². The molecule has 108 valence electrons. The van der Waals surface area contributed by atoms with Gasteiger partial charge in [-0.05, 0) is 43.3 Å². The standard InChI is InChI=1S/C16H14FNO3/c1-11-2-4-12(5-3-11)16(20)21-10-15(19)18-14-8-6-13(17)7-9-14/h2-9H,10H2,1H3,(H,18,19). The topological polar surface area (TPSA) is 55.4 Å². The third kappa shape index (κ3) is 4.42. The Labute approximate surface area is 121 Å². The largest absolute Gasteiger partial charge is 0.452 e. The number of rotatable bonds is 4. The Morgan fingerprint density at radius 1 is 1.05 bits per heavy atom. The first-order valence-corrected chi connectivity index (χ1v) is 6.34. The molecule has 0 radical (unpaired) electrons. The van der Waals surface area contributed by atoms with Crippen molar-refractivity contribution < 1.29 is 18.7 Å². The SMILES string of the molecule is Cc1ccc(C(=O)OCC(=O)Nc2ccc(F)cc2)cc1. The van der Waals surface area contributed by atoms with E-state index >= 15 is 0 Å². The van der Waals surface area contributed by atoms with Gasteiger partial charge in [-0.15, -0.1) is 0 Å². The summed E-state index contributed by atoms with van der Waals surface area (Å²) >= 11 is 0. The molecule has 2 aromatic rings. The number of aryl methyl sites for hydroxylation is 1.